The van der Waals surface area contributed by atoms with Crippen molar-refractivity contribution in [2.45, 2.75) is 38.7 Å². The molecule has 0 aliphatic heterocycles. The first-order valence-electron chi connectivity index (χ1n) is 9.34. The van der Waals surface area contributed by atoms with Gasteiger partial charge in [0.05, 0.1) is 12.3 Å². The molecule has 6 heteroatoms. The highest BCUT2D eigenvalue weighted by Crippen LogP contribution is 2.21. The van der Waals surface area contributed by atoms with Gasteiger partial charge in [0.1, 0.15) is 11.5 Å². The molecular weight excluding hydrogens is 372 g/mol. The summed E-state index contributed by atoms with van der Waals surface area (Å²) in [5.74, 6) is 1.65. The highest BCUT2D eigenvalue weighted by molar-refractivity contribution is 7.88. The van der Waals surface area contributed by atoms with Gasteiger partial charge in [-0.15, -0.1) is 0 Å². The minimum absolute atomic E-state index is 0.0259. The zero-order chi connectivity index (χ0) is 20.0. The van der Waals surface area contributed by atoms with E-state index in [1.807, 2.05) is 80.6 Å². The number of hydrogen-bond acceptors (Lipinski definition) is 4. The molecule has 148 valence electrons. The van der Waals surface area contributed by atoms with Crippen LogP contribution < -0.4 is 10.0 Å². The molecule has 0 bridgehead atoms. The quantitative estimate of drug-likeness (QED) is 0.570. The number of nitrogens with one attached hydrogen (secondary N) is 2. The van der Waals surface area contributed by atoms with Crippen LogP contribution in [0.2, 0.25) is 0 Å². The van der Waals surface area contributed by atoms with Crippen molar-refractivity contribution in [3.05, 3.63) is 83.6 Å². The number of sulfonamides is 1. The van der Waals surface area contributed by atoms with Crippen molar-refractivity contribution in [2.24, 2.45) is 0 Å². The van der Waals surface area contributed by atoms with E-state index in [0.29, 0.717) is 13.1 Å². The van der Waals surface area contributed by atoms with Crippen LogP contribution in [0.1, 0.15) is 30.7 Å². The van der Waals surface area contributed by atoms with E-state index in [1.54, 1.807) is 0 Å². The highest BCUT2D eigenvalue weighted by atomic mass is 32.2. The third-order valence-corrected chi connectivity index (χ3v) is 5.74. The smallest absolute Gasteiger partial charge is 0.216 e. The molecule has 3 aromatic rings. The van der Waals surface area contributed by atoms with E-state index < -0.39 is 10.0 Å². The van der Waals surface area contributed by atoms with E-state index in [4.69, 9.17) is 4.42 Å². The Hall–Kier alpha value is -2.41. The molecule has 0 saturated carbocycles. The lowest BCUT2D eigenvalue weighted by atomic mass is 10.1. The third-order valence-electron chi connectivity index (χ3n) is 4.21. The summed E-state index contributed by atoms with van der Waals surface area (Å²) in [5, 5.41) is 3.34. The molecule has 0 amide bonds. The van der Waals surface area contributed by atoms with Gasteiger partial charge in [-0.05, 0) is 37.1 Å². The zero-order valence-corrected chi connectivity index (χ0v) is 17.0. The largest absolute Gasteiger partial charge is 0.460 e. The molecular formula is C22H26N2O3S. The van der Waals surface area contributed by atoms with Crippen LogP contribution >= 0.6 is 0 Å². The molecule has 0 radical (unpaired) electrons. The van der Waals surface area contributed by atoms with Gasteiger partial charge in [0.25, 0.3) is 0 Å². The predicted molar refractivity (Wildman–Crippen MR) is 112 cm³/mol. The standard InChI is InChI=1S/C22H26N2O3S/c1-17(2)24-28(25,26)16-20-11-7-6-10-19(20)14-23-15-21-12-13-22(27-21)18-8-4-3-5-9-18/h3-13,17,23-24H,14-16H2,1-2H3. The SMILES string of the molecule is CC(C)NS(=O)(=O)Cc1ccccc1CNCc1ccc(-c2ccccc2)o1. The lowest BCUT2D eigenvalue weighted by molar-refractivity contribution is 0.493. The molecule has 0 fully saturated rings. The van der Waals surface area contributed by atoms with E-state index in [9.17, 15) is 8.42 Å². The molecule has 0 saturated heterocycles. The van der Waals surface area contributed by atoms with Crippen molar-refractivity contribution < 1.29 is 12.8 Å². The summed E-state index contributed by atoms with van der Waals surface area (Å²) in [7, 11) is -3.36. The third kappa shape index (κ3) is 5.79. The van der Waals surface area contributed by atoms with Crippen molar-refractivity contribution in [2.75, 3.05) is 0 Å². The maximum atomic E-state index is 12.2. The second kappa shape index (κ2) is 9.19. The first-order chi connectivity index (χ1) is 13.4. The Bertz CT molecular complexity index is 995. The van der Waals surface area contributed by atoms with Crippen LogP contribution in [0.25, 0.3) is 11.3 Å². The van der Waals surface area contributed by atoms with Gasteiger partial charge in [-0.2, -0.15) is 0 Å². The van der Waals surface area contributed by atoms with Crippen LogP contribution in [0.5, 0.6) is 0 Å². The molecule has 5 nitrogen and oxygen atoms in total. The maximum Gasteiger partial charge on any atom is 0.216 e. The monoisotopic (exact) mass is 398 g/mol. The summed E-state index contributed by atoms with van der Waals surface area (Å²) in [4.78, 5) is 0. The molecule has 2 aromatic carbocycles. The van der Waals surface area contributed by atoms with E-state index in [1.165, 1.54) is 0 Å². The van der Waals surface area contributed by atoms with Crippen molar-refractivity contribution in [3.63, 3.8) is 0 Å². The van der Waals surface area contributed by atoms with Gasteiger partial charge in [0, 0.05) is 18.2 Å². The van der Waals surface area contributed by atoms with Gasteiger partial charge in [-0.25, -0.2) is 13.1 Å². The van der Waals surface area contributed by atoms with Crippen LogP contribution in [0.15, 0.2) is 71.1 Å². The van der Waals surface area contributed by atoms with E-state index in [2.05, 4.69) is 10.0 Å². The van der Waals surface area contributed by atoms with Gasteiger partial charge in [-0.3, -0.25) is 0 Å². The van der Waals surface area contributed by atoms with Crippen LogP contribution in [-0.4, -0.2) is 14.5 Å². The van der Waals surface area contributed by atoms with Crippen LogP contribution in [0, 0.1) is 0 Å². The summed E-state index contributed by atoms with van der Waals surface area (Å²) < 4.78 is 33.0. The van der Waals surface area contributed by atoms with E-state index in [-0.39, 0.29) is 11.8 Å². The Kier molecular flexibility index (Phi) is 6.67. The number of benzene rings is 2. The molecule has 0 atom stereocenters. The van der Waals surface area contributed by atoms with E-state index in [0.717, 1.165) is 28.2 Å². The fourth-order valence-corrected chi connectivity index (χ4v) is 4.52. The molecule has 0 unspecified atom stereocenters. The van der Waals surface area contributed by atoms with Crippen LogP contribution in [0.4, 0.5) is 0 Å². The van der Waals surface area contributed by atoms with Gasteiger partial charge < -0.3 is 9.73 Å². The van der Waals surface area contributed by atoms with Crippen molar-refractivity contribution in [1.82, 2.24) is 10.0 Å². The maximum absolute atomic E-state index is 12.2. The minimum atomic E-state index is -3.36. The normalized spacial score (nSPS) is 11.8. The van der Waals surface area contributed by atoms with Gasteiger partial charge >= 0.3 is 0 Å². The molecule has 2 N–H and O–H groups in total. The number of hydrogen-bond donors (Lipinski definition) is 2. The summed E-state index contributed by atoms with van der Waals surface area (Å²) >= 11 is 0. The van der Waals surface area contributed by atoms with Gasteiger partial charge in [0.15, 0.2) is 0 Å². The Balaban J connectivity index is 1.61. The molecule has 0 spiro atoms. The molecule has 1 heterocycles. The number of furan rings is 1. The fourth-order valence-electron chi connectivity index (χ4n) is 3.03. The van der Waals surface area contributed by atoms with Crippen LogP contribution in [-0.2, 0) is 28.9 Å². The number of rotatable bonds is 9. The first-order valence-corrected chi connectivity index (χ1v) is 11.0. The highest BCUT2D eigenvalue weighted by Gasteiger charge is 2.15. The molecule has 28 heavy (non-hydrogen) atoms. The Morgan fingerprint density at radius 2 is 1.54 bits per heavy atom. The average Bonchev–Trinajstić information content (AvgIpc) is 3.11. The summed E-state index contributed by atoms with van der Waals surface area (Å²) in [6.45, 7) is 4.77. The van der Waals surface area contributed by atoms with Crippen molar-refractivity contribution in [3.8, 4) is 11.3 Å². The zero-order valence-electron chi connectivity index (χ0n) is 16.2. The van der Waals surface area contributed by atoms with Gasteiger partial charge in [0.2, 0.25) is 10.0 Å². The summed E-state index contributed by atoms with van der Waals surface area (Å²) in [5.41, 5.74) is 2.81. The Morgan fingerprint density at radius 1 is 0.857 bits per heavy atom. The summed E-state index contributed by atoms with van der Waals surface area (Å²) in [6.07, 6.45) is 0. The lowest BCUT2D eigenvalue weighted by Crippen LogP contribution is -2.31. The van der Waals surface area contributed by atoms with Crippen LogP contribution in [0.3, 0.4) is 0 Å². The Labute approximate surface area is 166 Å². The van der Waals surface area contributed by atoms with Crippen molar-refractivity contribution >= 4 is 10.0 Å². The lowest BCUT2D eigenvalue weighted by Gasteiger charge is -2.13. The molecule has 0 aliphatic carbocycles. The topological polar surface area (TPSA) is 71.3 Å². The average molecular weight is 399 g/mol. The second-order valence-electron chi connectivity index (χ2n) is 7.04. The fraction of sp³-hybridized carbons (Fsp3) is 0.273. The van der Waals surface area contributed by atoms with Gasteiger partial charge in [-0.1, -0.05) is 54.6 Å². The predicted octanol–water partition coefficient (Wildman–Crippen LogP) is 4.06. The summed E-state index contributed by atoms with van der Waals surface area (Å²) in [6, 6.07) is 21.4. The van der Waals surface area contributed by atoms with Crippen molar-refractivity contribution in [1.29, 1.82) is 0 Å². The molecule has 0 aliphatic rings. The van der Waals surface area contributed by atoms with E-state index >= 15 is 0 Å². The molecule has 1 aromatic heterocycles. The minimum Gasteiger partial charge on any atom is -0.460 e. The Morgan fingerprint density at radius 3 is 2.25 bits per heavy atom. The molecule has 3 rings (SSSR count). The first kappa shape index (κ1) is 20.3. The second-order valence-corrected chi connectivity index (χ2v) is 8.79.